The van der Waals surface area contributed by atoms with E-state index >= 15 is 0 Å². The van der Waals surface area contributed by atoms with Gasteiger partial charge in [0.15, 0.2) is 0 Å². The van der Waals surface area contributed by atoms with E-state index in [-0.39, 0.29) is 21.9 Å². The van der Waals surface area contributed by atoms with Crippen LogP contribution in [0.4, 0.5) is 22.7 Å². The summed E-state index contributed by atoms with van der Waals surface area (Å²) in [6.45, 7) is 19.9. The molecular formula is C65H64N2. The van der Waals surface area contributed by atoms with Crippen molar-refractivity contribution in [1.82, 2.24) is 0 Å². The van der Waals surface area contributed by atoms with Crippen LogP contribution in [-0.2, 0) is 17.3 Å². The van der Waals surface area contributed by atoms with E-state index in [4.69, 9.17) is 0 Å². The lowest BCUT2D eigenvalue weighted by Gasteiger charge is -2.50. The Bertz CT molecular complexity index is 3400. The van der Waals surface area contributed by atoms with Crippen molar-refractivity contribution in [2.24, 2.45) is 0 Å². The minimum atomic E-state index is 0.0225. The Balaban J connectivity index is 0.931. The molecule has 8 aromatic rings. The van der Waals surface area contributed by atoms with Gasteiger partial charge >= 0.3 is 0 Å². The molecule has 0 bridgehead atoms. The number of aryl methyl sites for hydroxylation is 2. The van der Waals surface area contributed by atoms with Gasteiger partial charge in [0, 0.05) is 33.6 Å². The topological polar surface area (TPSA) is 6.48 Å². The first-order valence-electron chi connectivity index (χ1n) is 25.5. The van der Waals surface area contributed by atoms with Crippen LogP contribution >= 0.6 is 0 Å². The SMILES string of the molecule is Cc1cc(-c2ccc3c(c2)Cc2c-3c3ccccc3c3cc(-c4cc(C)c5c(c4C)C4(C)CCCCC4(C)N5c4ccccc4)ccc23)c(C)c2c1N(c1ccccc1)C1(C)CCCCC21C. The van der Waals surface area contributed by atoms with Crippen molar-refractivity contribution < 1.29 is 0 Å². The molecule has 2 saturated carbocycles. The number of benzene rings is 8. The fraction of sp³-hybridized carbons (Fsp3) is 0.323. The minimum absolute atomic E-state index is 0.0225. The molecule has 5 aliphatic rings. The summed E-state index contributed by atoms with van der Waals surface area (Å²) in [5, 5.41) is 5.48. The standard InChI is InChI=1S/C65H64N2/c1-40-35-53(42(3)58-60(40)66(47-21-11-9-12-22-47)64(7)33-19-17-31-62(58,64)5)44-27-29-49-46(37-44)39-56-51-30-28-45(38-55(51)50-25-15-16-26-52(50)57(49)56)54-36-41(2)61-59(43(54)4)63(6)32-18-20-34-65(63,8)67(61)48-23-13-10-14-24-48/h9-16,21-30,35-38H,17-20,31-34,39H2,1-8H3. The average Bonchev–Trinajstić information content (AvgIpc) is 3.91. The van der Waals surface area contributed by atoms with Gasteiger partial charge in [-0.15, -0.1) is 0 Å². The van der Waals surface area contributed by atoms with Gasteiger partial charge in [-0.1, -0.05) is 131 Å². The predicted octanol–water partition coefficient (Wildman–Crippen LogP) is 17.6. The highest BCUT2D eigenvalue weighted by atomic mass is 15.3. The molecule has 8 aromatic carbocycles. The van der Waals surface area contributed by atoms with Crippen molar-refractivity contribution in [1.29, 1.82) is 0 Å². The average molecular weight is 873 g/mol. The molecule has 2 fully saturated rings. The summed E-state index contributed by atoms with van der Waals surface area (Å²) in [5.41, 5.74) is 25.8. The molecule has 0 N–H and O–H groups in total. The van der Waals surface area contributed by atoms with Crippen molar-refractivity contribution >= 4 is 44.3 Å². The summed E-state index contributed by atoms with van der Waals surface area (Å²) >= 11 is 0. The fourth-order valence-electron chi connectivity index (χ4n) is 15.6. The van der Waals surface area contributed by atoms with Crippen LogP contribution in [-0.4, -0.2) is 11.1 Å². The van der Waals surface area contributed by atoms with E-state index in [2.05, 4.69) is 199 Å². The highest BCUT2D eigenvalue weighted by Crippen LogP contribution is 2.65. The van der Waals surface area contributed by atoms with Crippen LogP contribution in [0.2, 0.25) is 0 Å². The second-order valence-electron chi connectivity index (χ2n) is 22.4. The molecule has 2 aliphatic heterocycles. The van der Waals surface area contributed by atoms with Crippen molar-refractivity contribution in [3.05, 3.63) is 178 Å². The van der Waals surface area contributed by atoms with Crippen molar-refractivity contribution in [2.45, 2.75) is 135 Å². The molecule has 4 atom stereocenters. The molecule has 67 heavy (non-hydrogen) atoms. The number of fused-ring (bicyclic) bond motifs is 14. The normalized spacial score (nSPS) is 24.7. The van der Waals surface area contributed by atoms with E-state index in [1.165, 1.54) is 162 Å². The third-order valence-corrected chi connectivity index (χ3v) is 19.1. The highest BCUT2D eigenvalue weighted by Gasteiger charge is 2.60. The van der Waals surface area contributed by atoms with Crippen LogP contribution in [0.5, 0.6) is 0 Å². The highest BCUT2D eigenvalue weighted by molar-refractivity contribution is 6.18. The molecule has 4 unspecified atom stereocenters. The Morgan fingerprint density at radius 3 is 1.45 bits per heavy atom. The third-order valence-electron chi connectivity index (χ3n) is 19.1. The van der Waals surface area contributed by atoms with E-state index in [1.807, 2.05) is 0 Å². The van der Waals surface area contributed by atoms with E-state index in [1.54, 1.807) is 11.1 Å². The first-order chi connectivity index (χ1) is 32.4. The summed E-state index contributed by atoms with van der Waals surface area (Å²) in [6, 6.07) is 51.6. The number of rotatable bonds is 4. The van der Waals surface area contributed by atoms with Gasteiger partial charge in [-0.2, -0.15) is 0 Å². The van der Waals surface area contributed by atoms with Crippen LogP contribution in [0.25, 0.3) is 54.9 Å². The van der Waals surface area contributed by atoms with E-state index in [0.29, 0.717) is 0 Å². The third kappa shape index (κ3) is 5.28. The number of hydrogen-bond donors (Lipinski definition) is 0. The van der Waals surface area contributed by atoms with Gasteiger partial charge in [-0.25, -0.2) is 0 Å². The molecule has 2 heterocycles. The minimum Gasteiger partial charge on any atom is -0.334 e. The van der Waals surface area contributed by atoms with Gasteiger partial charge in [-0.05, 0) is 216 Å². The van der Waals surface area contributed by atoms with Gasteiger partial charge in [-0.3, -0.25) is 0 Å². The van der Waals surface area contributed by atoms with Crippen molar-refractivity contribution in [3.8, 4) is 33.4 Å². The Hall–Kier alpha value is -6.12. The Morgan fingerprint density at radius 2 is 0.896 bits per heavy atom. The molecule has 0 amide bonds. The quantitative estimate of drug-likeness (QED) is 0.163. The lowest BCUT2D eigenvalue weighted by Crippen LogP contribution is -2.54. The van der Waals surface area contributed by atoms with Crippen LogP contribution in [0, 0.1) is 27.7 Å². The zero-order valence-electron chi connectivity index (χ0n) is 41.0. The molecule has 334 valence electrons. The second kappa shape index (κ2) is 14.2. The first kappa shape index (κ1) is 41.1. The summed E-state index contributed by atoms with van der Waals surface area (Å²) in [6.07, 6.45) is 10.9. The smallest absolute Gasteiger partial charge is 0.0518 e. The molecule has 13 rings (SSSR count). The number of hydrogen-bond acceptors (Lipinski definition) is 2. The molecule has 3 aliphatic carbocycles. The van der Waals surface area contributed by atoms with Gasteiger partial charge in [0.2, 0.25) is 0 Å². The van der Waals surface area contributed by atoms with Crippen LogP contribution in [0.3, 0.4) is 0 Å². The van der Waals surface area contributed by atoms with Crippen LogP contribution < -0.4 is 9.80 Å². The van der Waals surface area contributed by atoms with E-state index in [9.17, 15) is 0 Å². The zero-order valence-corrected chi connectivity index (χ0v) is 41.0. The Labute approximate surface area is 398 Å². The maximum atomic E-state index is 2.74. The molecule has 2 heteroatoms. The summed E-state index contributed by atoms with van der Waals surface area (Å²) in [7, 11) is 0. The van der Waals surface area contributed by atoms with Crippen LogP contribution in [0.15, 0.2) is 133 Å². The predicted molar refractivity (Wildman–Crippen MR) is 285 cm³/mol. The number of para-hydroxylation sites is 2. The molecule has 0 saturated heterocycles. The van der Waals surface area contributed by atoms with E-state index < -0.39 is 0 Å². The van der Waals surface area contributed by atoms with Crippen LogP contribution in [0.1, 0.15) is 124 Å². The molecule has 0 radical (unpaired) electrons. The molecular weight excluding hydrogens is 809 g/mol. The van der Waals surface area contributed by atoms with Gasteiger partial charge < -0.3 is 9.80 Å². The molecule has 0 aromatic heterocycles. The fourth-order valence-corrected chi connectivity index (χ4v) is 15.6. The van der Waals surface area contributed by atoms with E-state index in [0.717, 1.165) is 6.42 Å². The second-order valence-corrected chi connectivity index (χ2v) is 22.4. The molecule has 0 spiro atoms. The zero-order chi connectivity index (χ0) is 45.8. The summed E-state index contributed by atoms with van der Waals surface area (Å²) < 4.78 is 0. The monoisotopic (exact) mass is 873 g/mol. The Kier molecular flexibility index (Phi) is 8.71. The lowest BCUT2D eigenvalue weighted by molar-refractivity contribution is 0.194. The van der Waals surface area contributed by atoms with Gasteiger partial charge in [0.25, 0.3) is 0 Å². The van der Waals surface area contributed by atoms with Gasteiger partial charge in [0.05, 0.1) is 11.1 Å². The van der Waals surface area contributed by atoms with Gasteiger partial charge in [0.1, 0.15) is 0 Å². The lowest BCUT2D eigenvalue weighted by atomic mass is 9.60. The van der Waals surface area contributed by atoms with Crippen molar-refractivity contribution in [3.63, 3.8) is 0 Å². The maximum absolute atomic E-state index is 2.74. The number of nitrogens with zero attached hydrogens (tertiary/aromatic N) is 2. The summed E-state index contributed by atoms with van der Waals surface area (Å²) in [5.74, 6) is 0. The molecule has 2 nitrogen and oxygen atoms in total. The summed E-state index contributed by atoms with van der Waals surface area (Å²) in [4.78, 5) is 5.49. The number of anilines is 4. The first-order valence-corrected chi connectivity index (χ1v) is 25.5. The maximum Gasteiger partial charge on any atom is 0.0518 e. The van der Waals surface area contributed by atoms with Crippen molar-refractivity contribution in [2.75, 3.05) is 9.80 Å². The Morgan fingerprint density at radius 1 is 0.418 bits per heavy atom. The largest absolute Gasteiger partial charge is 0.334 e.